The van der Waals surface area contributed by atoms with Gasteiger partial charge in [0.1, 0.15) is 5.75 Å². The molecule has 0 aliphatic heterocycles. The second kappa shape index (κ2) is 6.01. The van der Waals surface area contributed by atoms with Gasteiger partial charge in [0.25, 0.3) is 0 Å². The number of carbonyl (C=O) groups is 1. The summed E-state index contributed by atoms with van der Waals surface area (Å²) in [5.41, 5.74) is 2.85. The number of ether oxygens (including phenoxy) is 1. The van der Waals surface area contributed by atoms with Crippen LogP contribution < -0.4 is 4.74 Å². The zero-order valence-corrected chi connectivity index (χ0v) is 11.1. The molecule has 2 aromatic carbocycles. The molecule has 0 atom stereocenters. The standard InChI is InChI=1S/C17H16O2/c1-13-6-8-14(9-7-13)10-11-17(18)15-4-3-5-16(12-15)19-2/h3-12H,1-2H3. The summed E-state index contributed by atoms with van der Waals surface area (Å²) in [4.78, 5) is 12.0. The first-order valence-electron chi connectivity index (χ1n) is 6.12. The monoisotopic (exact) mass is 252 g/mol. The Morgan fingerprint density at radius 3 is 2.53 bits per heavy atom. The molecule has 0 fully saturated rings. The molecule has 0 heterocycles. The molecular formula is C17H16O2. The summed E-state index contributed by atoms with van der Waals surface area (Å²) in [7, 11) is 1.59. The van der Waals surface area contributed by atoms with Crippen LogP contribution in [0.15, 0.2) is 54.6 Å². The molecule has 2 aromatic rings. The number of aryl methyl sites for hydroxylation is 1. The molecule has 0 aliphatic carbocycles. The van der Waals surface area contributed by atoms with E-state index in [9.17, 15) is 4.79 Å². The Hall–Kier alpha value is -2.35. The van der Waals surface area contributed by atoms with Crippen molar-refractivity contribution in [1.82, 2.24) is 0 Å². The van der Waals surface area contributed by atoms with Crippen LogP contribution in [0.3, 0.4) is 0 Å². The van der Waals surface area contributed by atoms with Gasteiger partial charge in [0.05, 0.1) is 7.11 Å². The maximum absolute atomic E-state index is 12.0. The first-order chi connectivity index (χ1) is 9.19. The zero-order chi connectivity index (χ0) is 13.7. The van der Waals surface area contributed by atoms with Gasteiger partial charge in [0.2, 0.25) is 0 Å². The van der Waals surface area contributed by atoms with Crippen molar-refractivity contribution in [3.8, 4) is 5.75 Å². The maximum Gasteiger partial charge on any atom is 0.185 e. The summed E-state index contributed by atoms with van der Waals surface area (Å²) >= 11 is 0. The fourth-order valence-electron chi connectivity index (χ4n) is 1.72. The van der Waals surface area contributed by atoms with E-state index < -0.39 is 0 Å². The number of carbonyl (C=O) groups excluding carboxylic acids is 1. The summed E-state index contributed by atoms with van der Waals surface area (Å²) in [5.74, 6) is 0.661. The molecule has 0 unspecified atom stereocenters. The van der Waals surface area contributed by atoms with Crippen LogP contribution in [0.25, 0.3) is 6.08 Å². The van der Waals surface area contributed by atoms with Gasteiger partial charge in [0, 0.05) is 5.56 Å². The number of allylic oxidation sites excluding steroid dienone is 1. The number of hydrogen-bond acceptors (Lipinski definition) is 2. The Morgan fingerprint density at radius 1 is 1.11 bits per heavy atom. The molecule has 0 N–H and O–H groups in total. The second-order valence-electron chi connectivity index (χ2n) is 4.34. The van der Waals surface area contributed by atoms with Gasteiger partial charge in [-0.05, 0) is 30.7 Å². The SMILES string of the molecule is COc1cccc(C(=O)C=Cc2ccc(C)cc2)c1. The smallest absolute Gasteiger partial charge is 0.185 e. The Balaban J connectivity index is 2.13. The van der Waals surface area contributed by atoms with E-state index in [0.717, 1.165) is 5.56 Å². The van der Waals surface area contributed by atoms with Crippen LogP contribution in [0.2, 0.25) is 0 Å². The number of ketones is 1. The average molecular weight is 252 g/mol. The summed E-state index contributed by atoms with van der Waals surface area (Å²) in [6.07, 6.45) is 3.40. The molecular weight excluding hydrogens is 236 g/mol. The van der Waals surface area contributed by atoms with Crippen molar-refractivity contribution in [3.05, 3.63) is 71.3 Å². The second-order valence-corrected chi connectivity index (χ2v) is 4.34. The van der Waals surface area contributed by atoms with Crippen molar-refractivity contribution in [2.75, 3.05) is 7.11 Å². The van der Waals surface area contributed by atoms with E-state index in [1.165, 1.54) is 5.56 Å². The van der Waals surface area contributed by atoms with E-state index >= 15 is 0 Å². The molecule has 2 nitrogen and oxygen atoms in total. The van der Waals surface area contributed by atoms with Crippen LogP contribution in [-0.2, 0) is 0 Å². The van der Waals surface area contributed by atoms with Crippen molar-refractivity contribution in [3.63, 3.8) is 0 Å². The Morgan fingerprint density at radius 2 is 1.84 bits per heavy atom. The Labute approximate surface area is 113 Å². The highest BCUT2D eigenvalue weighted by Crippen LogP contribution is 2.14. The van der Waals surface area contributed by atoms with Crippen LogP contribution in [-0.4, -0.2) is 12.9 Å². The third kappa shape index (κ3) is 3.55. The molecule has 2 rings (SSSR count). The Bertz CT molecular complexity index is 595. The van der Waals surface area contributed by atoms with E-state index in [4.69, 9.17) is 4.74 Å². The molecule has 0 amide bonds. The van der Waals surface area contributed by atoms with Crippen molar-refractivity contribution >= 4 is 11.9 Å². The average Bonchev–Trinajstić information content (AvgIpc) is 2.46. The van der Waals surface area contributed by atoms with Crippen molar-refractivity contribution in [2.45, 2.75) is 6.92 Å². The topological polar surface area (TPSA) is 26.3 Å². The zero-order valence-electron chi connectivity index (χ0n) is 11.1. The molecule has 0 aromatic heterocycles. The first-order valence-corrected chi connectivity index (χ1v) is 6.12. The van der Waals surface area contributed by atoms with Gasteiger partial charge >= 0.3 is 0 Å². The molecule has 0 spiro atoms. The fraction of sp³-hybridized carbons (Fsp3) is 0.118. The van der Waals surface area contributed by atoms with Crippen LogP contribution >= 0.6 is 0 Å². The highest BCUT2D eigenvalue weighted by Gasteiger charge is 2.02. The van der Waals surface area contributed by atoms with Crippen LogP contribution in [0, 0.1) is 6.92 Å². The molecule has 0 aliphatic rings. The minimum absolute atomic E-state index is 0.0283. The normalized spacial score (nSPS) is 10.6. The van der Waals surface area contributed by atoms with Crippen LogP contribution in [0.1, 0.15) is 21.5 Å². The quantitative estimate of drug-likeness (QED) is 0.609. The van der Waals surface area contributed by atoms with E-state index in [1.54, 1.807) is 25.3 Å². The van der Waals surface area contributed by atoms with Gasteiger partial charge in [-0.25, -0.2) is 0 Å². The number of hydrogen-bond donors (Lipinski definition) is 0. The van der Waals surface area contributed by atoms with Crippen molar-refractivity contribution < 1.29 is 9.53 Å². The summed E-state index contributed by atoms with van der Waals surface area (Å²) in [6, 6.07) is 15.2. The molecule has 96 valence electrons. The fourth-order valence-corrected chi connectivity index (χ4v) is 1.72. The van der Waals surface area contributed by atoms with E-state index in [-0.39, 0.29) is 5.78 Å². The molecule has 2 heteroatoms. The van der Waals surface area contributed by atoms with Gasteiger partial charge in [-0.3, -0.25) is 4.79 Å². The first kappa shape index (κ1) is 13.1. The molecule has 0 saturated carbocycles. The van der Waals surface area contributed by atoms with E-state index in [0.29, 0.717) is 11.3 Å². The number of rotatable bonds is 4. The van der Waals surface area contributed by atoms with E-state index in [2.05, 4.69) is 0 Å². The van der Waals surface area contributed by atoms with Gasteiger partial charge in [-0.2, -0.15) is 0 Å². The Kier molecular flexibility index (Phi) is 4.14. The predicted molar refractivity (Wildman–Crippen MR) is 77.5 cm³/mol. The number of benzene rings is 2. The third-order valence-corrected chi connectivity index (χ3v) is 2.86. The molecule has 0 radical (unpaired) electrons. The van der Waals surface area contributed by atoms with Gasteiger partial charge in [0.15, 0.2) is 5.78 Å². The van der Waals surface area contributed by atoms with Crippen LogP contribution in [0.5, 0.6) is 5.75 Å². The molecule has 0 saturated heterocycles. The lowest BCUT2D eigenvalue weighted by Crippen LogP contribution is -1.94. The minimum atomic E-state index is -0.0283. The van der Waals surface area contributed by atoms with Gasteiger partial charge in [-0.1, -0.05) is 48.0 Å². The largest absolute Gasteiger partial charge is 0.497 e. The van der Waals surface area contributed by atoms with Gasteiger partial charge in [-0.15, -0.1) is 0 Å². The van der Waals surface area contributed by atoms with E-state index in [1.807, 2.05) is 49.4 Å². The number of methoxy groups -OCH3 is 1. The predicted octanol–water partition coefficient (Wildman–Crippen LogP) is 3.90. The lowest BCUT2D eigenvalue weighted by Gasteiger charge is -2.01. The highest BCUT2D eigenvalue weighted by atomic mass is 16.5. The van der Waals surface area contributed by atoms with Gasteiger partial charge < -0.3 is 4.74 Å². The lowest BCUT2D eigenvalue weighted by molar-refractivity contribution is 0.104. The van der Waals surface area contributed by atoms with Crippen LogP contribution in [0.4, 0.5) is 0 Å². The summed E-state index contributed by atoms with van der Waals surface area (Å²) in [6.45, 7) is 2.04. The molecule has 19 heavy (non-hydrogen) atoms. The summed E-state index contributed by atoms with van der Waals surface area (Å²) < 4.78 is 5.10. The maximum atomic E-state index is 12.0. The minimum Gasteiger partial charge on any atom is -0.497 e. The summed E-state index contributed by atoms with van der Waals surface area (Å²) in [5, 5.41) is 0. The molecule has 0 bridgehead atoms. The van der Waals surface area contributed by atoms with Crippen molar-refractivity contribution in [2.24, 2.45) is 0 Å². The van der Waals surface area contributed by atoms with Crippen molar-refractivity contribution in [1.29, 1.82) is 0 Å². The lowest BCUT2D eigenvalue weighted by atomic mass is 10.1. The highest BCUT2D eigenvalue weighted by molar-refractivity contribution is 6.07. The third-order valence-electron chi connectivity index (χ3n) is 2.86.